The Labute approximate surface area is 219 Å². The first-order valence-electron chi connectivity index (χ1n) is 12.4. The van der Waals surface area contributed by atoms with Gasteiger partial charge >= 0.3 is 12.3 Å². The van der Waals surface area contributed by atoms with Crippen molar-refractivity contribution in [3.63, 3.8) is 0 Å². The number of cyclic esters (lactones) is 1. The van der Waals surface area contributed by atoms with Crippen LogP contribution in [0.25, 0.3) is 11.1 Å². The van der Waals surface area contributed by atoms with Crippen LogP contribution >= 0.6 is 0 Å². The quantitative estimate of drug-likeness (QED) is 0.406. The molecule has 2 aromatic carbocycles. The molecule has 1 N–H and O–H groups in total. The number of alkyl halides is 3. The third-order valence-corrected chi connectivity index (χ3v) is 6.83. The number of benzene rings is 2. The molecule has 9 heteroatoms. The number of hydrogen-bond donors (Lipinski definition) is 1. The normalized spacial score (nSPS) is 19.2. The van der Waals surface area contributed by atoms with Crippen molar-refractivity contribution in [3.05, 3.63) is 94.4 Å². The minimum absolute atomic E-state index is 0.258. The number of rotatable bonds is 7. The second-order valence-electron chi connectivity index (χ2n) is 10.5. The summed E-state index contributed by atoms with van der Waals surface area (Å²) in [6.45, 7) is 4.36. The van der Waals surface area contributed by atoms with Crippen molar-refractivity contribution in [2.45, 2.75) is 63.6 Å². The third-order valence-electron chi connectivity index (χ3n) is 6.83. The molecule has 2 atom stereocenters. The zero-order valence-electron chi connectivity index (χ0n) is 21.5. The Morgan fingerprint density at radius 2 is 1.66 bits per heavy atom. The molecule has 0 aliphatic carbocycles. The van der Waals surface area contributed by atoms with Gasteiger partial charge < -0.3 is 19.3 Å². The molecule has 1 aliphatic heterocycles. The van der Waals surface area contributed by atoms with E-state index in [1.54, 1.807) is 30.9 Å². The average Bonchev–Trinajstić information content (AvgIpc) is 2.84. The number of carbonyl (C=O) groups excluding carboxylic acids is 1. The van der Waals surface area contributed by atoms with E-state index in [1.807, 2.05) is 49.4 Å². The molecule has 0 radical (unpaired) electrons. The monoisotopic (exact) mass is 528 g/mol. The number of ether oxygens (including phenoxy) is 1. The maximum atomic E-state index is 13.2. The SMILES string of the molecule is CC(c1ccc(-c2ccn(CC(F)(F)F)c(=O)c2)cc1)N1CCC(CC(C)(C)O)(c2ccccc2)OC1=O. The highest BCUT2D eigenvalue weighted by molar-refractivity contribution is 5.70. The van der Waals surface area contributed by atoms with Gasteiger partial charge in [-0.3, -0.25) is 4.79 Å². The van der Waals surface area contributed by atoms with Gasteiger partial charge in [0.15, 0.2) is 0 Å². The fourth-order valence-electron chi connectivity index (χ4n) is 5.04. The highest BCUT2D eigenvalue weighted by Gasteiger charge is 2.46. The topological polar surface area (TPSA) is 71.8 Å². The fraction of sp³-hybridized carbons (Fsp3) is 0.379. The molecule has 0 saturated carbocycles. The fourth-order valence-corrected chi connectivity index (χ4v) is 5.04. The predicted octanol–water partition coefficient (Wildman–Crippen LogP) is 6.04. The van der Waals surface area contributed by atoms with Gasteiger partial charge in [0.25, 0.3) is 5.56 Å². The lowest BCUT2D eigenvalue weighted by atomic mass is 9.80. The number of aliphatic hydroxyl groups is 1. The summed E-state index contributed by atoms with van der Waals surface area (Å²) in [5.41, 5.74) is 0.128. The Kier molecular flexibility index (Phi) is 7.43. The predicted molar refractivity (Wildman–Crippen MR) is 137 cm³/mol. The maximum absolute atomic E-state index is 13.2. The van der Waals surface area contributed by atoms with Gasteiger partial charge in [-0.1, -0.05) is 54.6 Å². The van der Waals surface area contributed by atoms with Crippen LogP contribution in [-0.2, 0) is 16.9 Å². The minimum atomic E-state index is -4.48. The molecule has 38 heavy (non-hydrogen) atoms. The molecular formula is C29H31F3N2O4. The average molecular weight is 529 g/mol. The van der Waals surface area contributed by atoms with Crippen molar-refractivity contribution >= 4 is 6.09 Å². The van der Waals surface area contributed by atoms with Gasteiger partial charge in [0.1, 0.15) is 12.1 Å². The Morgan fingerprint density at radius 3 is 2.21 bits per heavy atom. The molecule has 1 amide bonds. The lowest BCUT2D eigenvalue weighted by molar-refractivity contribution is -0.141. The zero-order chi connectivity index (χ0) is 27.7. The molecule has 1 fully saturated rings. The molecule has 2 unspecified atom stereocenters. The van der Waals surface area contributed by atoms with Crippen molar-refractivity contribution in [3.8, 4) is 11.1 Å². The number of nitrogens with zero attached hydrogens (tertiary/aromatic N) is 2. The van der Waals surface area contributed by atoms with E-state index in [2.05, 4.69) is 0 Å². The first-order chi connectivity index (χ1) is 17.8. The number of pyridine rings is 1. The molecular weight excluding hydrogens is 497 g/mol. The van der Waals surface area contributed by atoms with Crippen LogP contribution in [0.15, 0.2) is 77.7 Å². The van der Waals surface area contributed by atoms with Gasteiger partial charge in [-0.25, -0.2) is 4.79 Å². The van der Waals surface area contributed by atoms with Crippen LogP contribution in [0.1, 0.15) is 50.8 Å². The van der Waals surface area contributed by atoms with Crippen LogP contribution in [0, 0.1) is 0 Å². The largest absolute Gasteiger partial charge is 0.438 e. The Hall–Kier alpha value is -3.59. The van der Waals surface area contributed by atoms with Crippen LogP contribution in [0.5, 0.6) is 0 Å². The Balaban J connectivity index is 1.50. The molecule has 1 aromatic heterocycles. The molecule has 4 rings (SSSR count). The van der Waals surface area contributed by atoms with E-state index in [-0.39, 0.29) is 12.5 Å². The van der Waals surface area contributed by atoms with Gasteiger partial charge in [0, 0.05) is 31.6 Å². The molecule has 1 aliphatic rings. The van der Waals surface area contributed by atoms with Crippen molar-refractivity contribution in [2.75, 3.05) is 6.54 Å². The summed E-state index contributed by atoms with van der Waals surface area (Å²) in [7, 11) is 0. The summed E-state index contributed by atoms with van der Waals surface area (Å²) < 4.78 is 44.6. The molecule has 3 aromatic rings. The van der Waals surface area contributed by atoms with Gasteiger partial charge in [0.2, 0.25) is 0 Å². The van der Waals surface area contributed by atoms with Crippen LogP contribution in [0.2, 0.25) is 0 Å². The highest BCUT2D eigenvalue weighted by atomic mass is 19.4. The number of aromatic nitrogens is 1. The van der Waals surface area contributed by atoms with E-state index < -0.39 is 35.6 Å². The summed E-state index contributed by atoms with van der Waals surface area (Å²) in [5, 5.41) is 10.6. The first-order valence-corrected chi connectivity index (χ1v) is 12.4. The first kappa shape index (κ1) is 27.4. The van der Waals surface area contributed by atoms with Crippen LogP contribution < -0.4 is 5.56 Å². The molecule has 2 heterocycles. The number of hydrogen-bond acceptors (Lipinski definition) is 4. The van der Waals surface area contributed by atoms with Crippen molar-refractivity contribution < 1.29 is 27.8 Å². The van der Waals surface area contributed by atoms with E-state index in [0.29, 0.717) is 28.7 Å². The molecule has 6 nitrogen and oxygen atoms in total. The van der Waals surface area contributed by atoms with E-state index in [1.165, 1.54) is 12.1 Å². The minimum Gasteiger partial charge on any atom is -0.438 e. The standard InChI is InChI=1S/C29H31F3N2O4/c1-20(21-9-11-22(12-10-21)23-13-15-33(25(35)17-23)19-29(30,31)32)34-16-14-28(38-26(34)36,18-27(2,3)37)24-7-5-4-6-8-24/h4-13,15,17,20,37H,14,16,18-19H2,1-3H3. The van der Waals surface area contributed by atoms with Crippen molar-refractivity contribution in [1.82, 2.24) is 9.47 Å². The molecule has 1 saturated heterocycles. The van der Waals surface area contributed by atoms with Crippen molar-refractivity contribution in [2.24, 2.45) is 0 Å². The van der Waals surface area contributed by atoms with Gasteiger partial charge in [0.05, 0.1) is 11.6 Å². The van der Waals surface area contributed by atoms with Gasteiger partial charge in [-0.15, -0.1) is 0 Å². The molecule has 0 bridgehead atoms. The lowest BCUT2D eigenvalue weighted by Crippen LogP contribution is -2.51. The highest BCUT2D eigenvalue weighted by Crippen LogP contribution is 2.42. The molecule has 0 spiro atoms. The zero-order valence-corrected chi connectivity index (χ0v) is 21.5. The summed E-state index contributed by atoms with van der Waals surface area (Å²) >= 11 is 0. The summed E-state index contributed by atoms with van der Waals surface area (Å²) in [6, 6.07) is 19.0. The summed E-state index contributed by atoms with van der Waals surface area (Å²) in [4.78, 5) is 27.0. The second kappa shape index (κ2) is 10.3. The van der Waals surface area contributed by atoms with E-state index in [0.717, 1.165) is 17.3 Å². The summed E-state index contributed by atoms with van der Waals surface area (Å²) in [5.74, 6) is 0. The second-order valence-corrected chi connectivity index (χ2v) is 10.5. The molecule has 202 valence electrons. The summed E-state index contributed by atoms with van der Waals surface area (Å²) in [6.07, 6.45) is -3.06. The van der Waals surface area contributed by atoms with E-state index in [9.17, 15) is 27.9 Å². The number of amides is 1. The number of halogens is 3. The van der Waals surface area contributed by atoms with Crippen LogP contribution in [-0.4, -0.2) is 39.0 Å². The smallest absolute Gasteiger partial charge is 0.411 e. The Morgan fingerprint density at radius 1 is 1.00 bits per heavy atom. The van der Waals surface area contributed by atoms with Gasteiger partial charge in [-0.05, 0) is 49.1 Å². The Bertz CT molecular complexity index is 1330. The van der Waals surface area contributed by atoms with Crippen LogP contribution in [0.3, 0.4) is 0 Å². The maximum Gasteiger partial charge on any atom is 0.411 e. The third kappa shape index (κ3) is 6.27. The van der Waals surface area contributed by atoms with Crippen molar-refractivity contribution in [1.29, 1.82) is 0 Å². The van der Waals surface area contributed by atoms with Crippen LogP contribution in [0.4, 0.5) is 18.0 Å². The van der Waals surface area contributed by atoms with Gasteiger partial charge in [-0.2, -0.15) is 13.2 Å². The van der Waals surface area contributed by atoms with E-state index >= 15 is 0 Å². The van der Waals surface area contributed by atoms with E-state index in [4.69, 9.17) is 4.74 Å². The number of carbonyl (C=O) groups is 1. The lowest BCUT2D eigenvalue weighted by Gasteiger charge is -2.45.